The number of halogens is 1. The second-order valence-corrected chi connectivity index (χ2v) is 5.34. The molecule has 0 radical (unpaired) electrons. The second-order valence-electron chi connectivity index (χ2n) is 4.90. The number of hydrogen-bond acceptors (Lipinski definition) is 4. The monoisotopic (exact) mass is 349 g/mol. The summed E-state index contributed by atoms with van der Waals surface area (Å²) >= 11 is 5.95. The zero-order chi connectivity index (χ0) is 17.7. The number of carbonyl (C=O) groups is 2. The summed E-state index contributed by atoms with van der Waals surface area (Å²) in [5, 5.41) is 12.2. The van der Waals surface area contributed by atoms with Gasteiger partial charge in [-0.1, -0.05) is 11.6 Å². The molecule has 0 heterocycles. The van der Waals surface area contributed by atoms with E-state index < -0.39 is 5.97 Å². The van der Waals surface area contributed by atoms with Gasteiger partial charge in [0.05, 0.1) is 31.9 Å². The number of benzene rings is 2. The molecular weight excluding hydrogens is 334 g/mol. The minimum Gasteiger partial charge on any atom is -0.496 e. The van der Waals surface area contributed by atoms with E-state index in [1.54, 1.807) is 18.2 Å². The molecule has 0 aliphatic heterocycles. The lowest BCUT2D eigenvalue weighted by Crippen LogP contribution is -2.16. The average Bonchev–Trinajstić information content (AvgIpc) is 2.54. The lowest BCUT2D eigenvalue weighted by Gasteiger charge is -2.12. The first-order valence-corrected chi connectivity index (χ1v) is 7.36. The molecule has 0 atom stereocenters. The van der Waals surface area contributed by atoms with Gasteiger partial charge in [-0.05, 0) is 36.4 Å². The lowest BCUT2D eigenvalue weighted by atomic mass is 10.1. The van der Waals surface area contributed by atoms with E-state index in [1.807, 2.05) is 0 Å². The van der Waals surface area contributed by atoms with E-state index >= 15 is 0 Å². The molecule has 24 heavy (non-hydrogen) atoms. The van der Waals surface area contributed by atoms with Crippen molar-refractivity contribution in [2.24, 2.45) is 0 Å². The molecule has 0 fully saturated rings. The normalized spacial score (nSPS) is 10.1. The summed E-state index contributed by atoms with van der Waals surface area (Å²) in [6, 6.07) is 9.22. The standard InChI is InChI=1S/C17H16ClNO5/c1-23-14-6-4-12(18)7-11(14)9-16(20)19-13-8-10(17(21)22)3-5-15(13)24-2/h3-8H,9H2,1-2H3,(H,19,20)(H,21,22). The number of anilines is 1. The van der Waals surface area contributed by atoms with Gasteiger partial charge in [-0.2, -0.15) is 0 Å². The zero-order valence-corrected chi connectivity index (χ0v) is 13.9. The SMILES string of the molecule is COc1ccc(Cl)cc1CC(=O)Nc1cc(C(=O)O)ccc1OC. The molecule has 0 spiro atoms. The van der Waals surface area contributed by atoms with E-state index in [2.05, 4.69) is 5.32 Å². The fraction of sp³-hybridized carbons (Fsp3) is 0.176. The molecule has 6 nitrogen and oxygen atoms in total. The first-order valence-electron chi connectivity index (χ1n) is 6.98. The third kappa shape index (κ3) is 4.17. The van der Waals surface area contributed by atoms with Gasteiger partial charge in [0.15, 0.2) is 0 Å². The van der Waals surface area contributed by atoms with Gasteiger partial charge >= 0.3 is 5.97 Å². The Kier molecular flexibility index (Phi) is 5.65. The van der Waals surface area contributed by atoms with E-state index in [9.17, 15) is 9.59 Å². The van der Waals surface area contributed by atoms with Crippen LogP contribution < -0.4 is 14.8 Å². The van der Waals surface area contributed by atoms with Crippen LogP contribution in [-0.4, -0.2) is 31.2 Å². The number of nitrogens with one attached hydrogen (secondary N) is 1. The maximum atomic E-state index is 12.3. The zero-order valence-electron chi connectivity index (χ0n) is 13.1. The second kappa shape index (κ2) is 7.70. The summed E-state index contributed by atoms with van der Waals surface area (Å²) in [6.45, 7) is 0. The fourth-order valence-corrected chi connectivity index (χ4v) is 2.39. The van der Waals surface area contributed by atoms with Crippen LogP contribution in [0.25, 0.3) is 0 Å². The first-order chi connectivity index (χ1) is 11.4. The van der Waals surface area contributed by atoms with E-state index in [-0.39, 0.29) is 23.6 Å². The minimum atomic E-state index is -1.09. The Labute approximate surface area is 144 Å². The average molecular weight is 350 g/mol. The molecule has 0 saturated carbocycles. The molecule has 0 aliphatic rings. The molecule has 0 aliphatic carbocycles. The molecule has 1 amide bonds. The number of rotatable bonds is 6. The molecule has 126 valence electrons. The van der Waals surface area contributed by atoms with Crippen molar-refractivity contribution in [1.82, 2.24) is 0 Å². The third-order valence-electron chi connectivity index (χ3n) is 3.31. The van der Waals surface area contributed by atoms with Crippen LogP contribution in [0.4, 0.5) is 5.69 Å². The number of methoxy groups -OCH3 is 2. The Morgan fingerprint density at radius 1 is 1.08 bits per heavy atom. The Morgan fingerprint density at radius 2 is 1.75 bits per heavy atom. The Morgan fingerprint density at radius 3 is 2.38 bits per heavy atom. The number of carboxylic acids is 1. The van der Waals surface area contributed by atoms with Crippen molar-refractivity contribution in [3.63, 3.8) is 0 Å². The largest absolute Gasteiger partial charge is 0.496 e. The van der Waals surface area contributed by atoms with Gasteiger partial charge in [0, 0.05) is 10.6 Å². The van der Waals surface area contributed by atoms with Crippen LogP contribution in [0.15, 0.2) is 36.4 Å². The highest BCUT2D eigenvalue weighted by atomic mass is 35.5. The van der Waals surface area contributed by atoms with Crippen LogP contribution in [-0.2, 0) is 11.2 Å². The summed E-state index contributed by atoms with van der Waals surface area (Å²) in [6.07, 6.45) is 0.0180. The quantitative estimate of drug-likeness (QED) is 0.836. The third-order valence-corrected chi connectivity index (χ3v) is 3.55. The lowest BCUT2D eigenvalue weighted by molar-refractivity contribution is -0.115. The van der Waals surface area contributed by atoms with Gasteiger partial charge < -0.3 is 19.9 Å². The molecule has 2 N–H and O–H groups in total. The molecule has 2 aromatic carbocycles. The topological polar surface area (TPSA) is 84.9 Å². The highest BCUT2D eigenvalue weighted by molar-refractivity contribution is 6.30. The summed E-state index contributed by atoms with van der Waals surface area (Å²) in [7, 11) is 2.94. The summed E-state index contributed by atoms with van der Waals surface area (Å²) < 4.78 is 10.3. The number of carbonyl (C=O) groups excluding carboxylic acids is 1. The molecule has 2 aromatic rings. The van der Waals surface area contributed by atoms with Crippen molar-refractivity contribution in [2.75, 3.05) is 19.5 Å². The Hall–Kier alpha value is -2.73. The van der Waals surface area contributed by atoms with Crippen LogP contribution in [0.3, 0.4) is 0 Å². The molecule has 2 rings (SSSR count). The number of carboxylic acid groups (broad SMARTS) is 1. The van der Waals surface area contributed by atoms with Gasteiger partial charge in [0.25, 0.3) is 0 Å². The van der Waals surface area contributed by atoms with Crippen LogP contribution >= 0.6 is 11.6 Å². The van der Waals surface area contributed by atoms with Gasteiger partial charge in [0.2, 0.25) is 5.91 Å². The summed E-state index contributed by atoms with van der Waals surface area (Å²) in [4.78, 5) is 23.4. The van der Waals surface area contributed by atoms with Crippen molar-refractivity contribution < 1.29 is 24.2 Å². The van der Waals surface area contributed by atoms with Crippen LogP contribution in [0.1, 0.15) is 15.9 Å². The van der Waals surface area contributed by atoms with Crippen molar-refractivity contribution in [2.45, 2.75) is 6.42 Å². The van der Waals surface area contributed by atoms with Crippen LogP contribution in [0.5, 0.6) is 11.5 Å². The van der Waals surface area contributed by atoms with E-state index in [1.165, 1.54) is 32.4 Å². The van der Waals surface area contributed by atoms with Crippen LogP contribution in [0.2, 0.25) is 5.02 Å². The Balaban J connectivity index is 2.22. The number of ether oxygens (including phenoxy) is 2. The minimum absolute atomic E-state index is 0.0180. The Bertz CT molecular complexity index is 776. The predicted octanol–water partition coefficient (Wildman–Crippen LogP) is 3.24. The molecular formula is C17H16ClNO5. The molecule has 0 aromatic heterocycles. The van der Waals surface area contributed by atoms with Crippen molar-refractivity contribution >= 4 is 29.2 Å². The highest BCUT2D eigenvalue weighted by Crippen LogP contribution is 2.27. The molecule has 0 bridgehead atoms. The van der Waals surface area contributed by atoms with Crippen molar-refractivity contribution in [1.29, 1.82) is 0 Å². The first kappa shape index (κ1) is 17.6. The van der Waals surface area contributed by atoms with Gasteiger partial charge in [-0.3, -0.25) is 4.79 Å². The molecule has 0 unspecified atom stereocenters. The number of amides is 1. The van der Waals surface area contributed by atoms with Gasteiger partial charge in [0.1, 0.15) is 11.5 Å². The van der Waals surface area contributed by atoms with Crippen LogP contribution in [0, 0.1) is 0 Å². The maximum Gasteiger partial charge on any atom is 0.335 e. The fourth-order valence-electron chi connectivity index (χ4n) is 2.19. The van der Waals surface area contributed by atoms with Crippen molar-refractivity contribution in [3.05, 3.63) is 52.5 Å². The highest BCUT2D eigenvalue weighted by Gasteiger charge is 2.14. The predicted molar refractivity (Wildman–Crippen MR) is 90.3 cm³/mol. The smallest absolute Gasteiger partial charge is 0.335 e. The van der Waals surface area contributed by atoms with Gasteiger partial charge in [-0.15, -0.1) is 0 Å². The summed E-state index contributed by atoms with van der Waals surface area (Å²) in [5.41, 5.74) is 0.950. The molecule has 0 saturated heterocycles. The molecule has 7 heteroatoms. The number of aromatic carboxylic acids is 1. The van der Waals surface area contributed by atoms with E-state index in [0.29, 0.717) is 22.1 Å². The summed E-state index contributed by atoms with van der Waals surface area (Å²) in [5.74, 6) is -0.534. The van der Waals surface area contributed by atoms with Crippen molar-refractivity contribution in [3.8, 4) is 11.5 Å². The number of hydrogen-bond donors (Lipinski definition) is 2. The van der Waals surface area contributed by atoms with E-state index in [4.69, 9.17) is 26.2 Å². The van der Waals surface area contributed by atoms with E-state index in [0.717, 1.165) is 0 Å². The maximum absolute atomic E-state index is 12.3. The van der Waals surface area contributed by atoms with Gasteiger partial charge in [-0.25, -0.2) is 4.79 Å².